The van der Waals surface area contributed by atoms with Crippen LogP contribution in [-0.2, 0) is 4.79 Å². The van der Waals surface area contributed by atoms with E-state index in [1.807, 2.05) is 0 Å². The van der Waals surface area contributed by atoms with E-state index in [2.05, 4.69) is 15.6 Å². The monoisotopic (exact) mass is 328 g/mol. The number of ether oxygens (including phenoxy) is 1. The third-order valence-corrected chi connectivity index (χ3v) is 3.25. The third-order valence-electron chi connectivity index (χ3n) is 3.25. The molecule has 2 rings (SSSR count). The summed E-state index contributed by atoms with van der Waals surface area (Å²) in [7, 11) is 1.72. The summed E-state index contributed by atoms with van der Waals surface area (Å²) < 4.78 is 5.55. The molecule has 0 bridgehead atoms. The lowest BCUT2D eigenvalue weighted by molar-refractivity contribution is -0.127. The minimum absolute atomic E-state index is 0.00272. The number of anilines is 2. The molecule has 1 aromatic heterocycles. The summed E-state index contributed by atoms with van der Waals surface area (Å²) in [4.78, 5) is 28.5. The second-order valence-corrected chi connectivity index (χ2v) is 5.11. The lowest BCUT2D eigenvalue weighted by atomic mass is 10.3. The number of hydrogen-bond acceptors (Lipinski definition) is 4. The molecule has 0 saturated heterocycles. The van der Waals surface area contributed by atoms with E-state index in [4.69, 9.17) is 4.74 Å². The zero-order valence-corrected chi connectivity index (χ0v) is 13.7. The SMILES string of the molecule is CC(=O)N(C)CCOc1ccc(NC(=O)Nc2ccccn2)cc1. The van der Waals surface area contributed by atoms with Crippen LogP contribution in [0.4, 0.5) is 16.3 Å². The smallest absolute Gasteiger partial charge is 0.324 e. The van der Waals surface area contributed by atoms with E-state index < -0.39 is 0 Å². The molecule has 24 heavy (non-hydrogen) atoms. The van der Waals surface area contributed by atoms with Crippen molar-refractivity contribution in [1.29, 1.82) is 0 Å². The molecule has 126 valence electrons. The van der Waals surface area contributed by atoms with Crippen LogP contribution in [0.3, 0.4) is 0 Å². The van der Waals surface area contributed by atoms with E-state index in [1.54, 1.807) is 60.6 Å². The highest BCUT2D eigenvalue weighted by molar-refractivity contribution is 5.99. The molecular weight excluding hydrogens is 308 g/mol. The quantitative estimate of drug-likeness (QED) is 0.854. The van der Waals surface area contributed by atoms with Gasteiger partial charge >= 0.3 is 6.03 Å². The van der Waals surface area contributed by atoms with Gasteiger partial charge < -0.3 is 15.0 Å². The summed E-state index contributed by atoms with van der Waals surface area (Å²) in [5.74, 6) is 1.14. The first kappa shape index (κ1) is 17.3. The van der Waals surface area contributed by atoms with Crippen molar-refractivity contribution >= 4 is 23.4 Å². The molecule has 0 fully saturated rings. The molecule has 0 spiro atoms. The number of likely N-dealkylation sites (N-methyl/N-ethyl adjacent to an activating group) is 1. The van der Waals surface area contributed by atoms with Crippen molar-refractivity contribution in [3.63, 3.8) is 0 Å². The highest BCUT2D eigenvalue weighted by Gasteiger charge is 2.04. The van der Waals surface area contributed by atoms with Gasteiger partial charge in [-0.2, -0.15) is 0 Å². The Morgan fingerprint density at radius 3 is 2.50 bits per heavy atom. The van der Waals surface area contributed by atoms with Gasteiger partial charge in [-0.15, -0.1) is 0 Å². The van der Waals surface area contributed by atoms with E-state index in [9.17, 15) is 9.59 Å². The summed E-state index contributed by atoms with van der Waals surface area (Å²) in [6.07, 6.45) is 1.60. The fourth-order valence-electron chi connectivity index (χ4n) is 1.81. The standard InChI is InChI=1S/C17H20N4O3/c1-13(22)21(2)11-12-24-15-8-6-14(7-9-15)19-17(23)20-16-5-3-4-10-18-16/h3-10H,11-12H2,1-2H3,(H2,18,19,20,23). The van der Waals surface area contributed by atoms with Crippen LogP contribution in [0, 0.1) is 0 Å². The lowest BCUT2D eigenvalue weighted by Gasteiger charge is -2.15. The fourth-order valence-corrected chi connectivity index (χ4v) is 1.81. The number of carbonyl (C=O) groups is 2. The molecule has 2 aromatic rings. The van der Waals surface area contributed by atoms with E-state index >= 15 is 0 Å². The number of nitrogens with one attached hydrogen (secondary N) is 2. The van der Waals surface area contributed by atoms with Crippen LogP contribution in [0.25, 0.3) is 0 Å². The topological polar surface area (TPSA) is 83.6 Å². The molecule has 0 unspecified atom stereocenters. The van der Waals surface area contributed by atoms with Crippen LogP contribution < -0.4 is 15.4 Å². The minimum atomic E-state index is -0.370. The number of rotatable bonds is 6. The molecule has 1 aromatic carbocycles. The van der Waals surface area contributed by atoms with Gasteiger partial charge in [0.15, 0.2) is 0 Å². The second-order valence-electron chi connectivity index (χ2n) is 5.11. The number of nitrogens with zero attached hydrogens (tertiary/aromatic N) is 2. The van der Waals surface area contributed by atoms with Crippen molar-refractivity contribution in [2.24, 2.45) is 0 Å². The van der Waals surface area contributed by atoms with Crippen LogP contribution in [0.15, 0.2) is 48.7 Å². The van der Waals surface area contributed by atoms with Crippen molar-refractivity contribution in [1.82, 2.24) is 9.88 Å². The molecule has 7 heteroatoms. The van der Waals surface area contributed by atoms with Crippen molar-refractivity contribution < 1.29 is 14.3 Å². The molecule has 0 radical (unpaired) electrons. The molecule has 3 amide bonds. The maximum atomic E-state index is 11.8. The van der Waals surface area contributed by atoms with Crippen LogP contribution in [0.2, 0.25) is 0 Å². The van der Waals surface area contributed by atoms with Gasteiger partial charge in [-0.25, -0.2) is 9.78 Å². The Morgan fingerprint density at radius 2 is 1.88 bits per heavy atom. The Bertz CT molecular complexity index is 674. The number of aromatic nitrogens is 1. The zero-order valence-electron chi connectivity index (χ0n) is 13.7. The Kier molecular flexibility index (Phi) is 6.13. The predicted molar refractivity (Wildman–Crippen MR) is 92.1 cm³/mol. The van der Waals surface area contributed by atoms with Crippen molar-refractivity contribution in [3.05, 3.63) is 48.7 Å². The number of urea groups is 1. The van der Waals surface area contributed by atoms with Crippen LogP contribution in [0.5, 0.6) is 5.75 Å². The lowest BCUT2D eigenvalue weighted by Crippen LogP contribution is -2.28. The molecule has 0 saturated carbocycles. The van der Waals surface area contributed by atoms with Gasteiger partial charge in [0.1, 0.15) is 18.2 Å². The highest BCUT2D eigenvalue weighted by Crippen LogP contribution is 2.16. The maximum absolute atomic E-state index is 11.8. The Labute approximate surface area is 140 Å². The second kappa shape index (κ2) is 8.52. The van der Waals surface area contributed by atoms with Crippen molar-refractivity contribution in [2.75, 3.05) is 30.8 Å². The molecule has 0 aliphatic rings. The third kappa shape index (κ3) is 5.60. The number of benzene rings is 1. The molecule has 0 aliphatic carbocycles. The summed E-state index contributed by atoms with van der Waals surface area (Å²) in [6.45, 7) is 2.43. The van der Waals surface area contributed by atoms with Crippen LogP contribution >= 0.6 is 0 Å². The predicted octanol–water partition coefficient (Wildman–Crippen LogP) is 2.58. The molecule has 7 nitrogen and oxygen atoms in total. The number of carbonyl (C=O) groups excluding carboxylic acids is 2. The van der Waals surface area contributed by atoms with Crippen LogP contribution in [-0.4, -0.2) is 42.0 Å². The van der Waals surface area contributed by atoms with Gasteiger partial charge in [0.2, 0.25) is 5.91 Å². The number of amides is 3. The van der Waals surface area contributed by atoms with Crippen molar-refractivity contribution in [3.8, 4) is 5.75 Å². The first-order valence-corrected chi connectivity index (χ1v) is 7.48. The number of pyridine rings is 1. The summed E-state index contributed by atoms with van der Waals surface area (Å²) in [5, 5.41) is 5.34. The molecule has 2 N–H and O–H groups in total. The Morgan fingerprint density at radius 1 is 1.12 bits per heavy atom. The van der Waals surface area contributed by atoms with Gasteiger partial charge in [-0.1, -0.05) is 6.07 Å². The van der Waals surface area contributed by atoms with Gasteiger partial charge in [0.05, 0.1) is 6.54 Å². The van der Waals surface area contributed by atoms with E-state index in [1.165, 1.54) is 6.92 Å². The average Bonchev–Trinajstić information content (AvgIpc) is 2.57. The van der Waals surface area contributed by atoms with Crippen molar-refractivity contribution in [2.45, 2.75) is 6.92 Å². The first-order chi connectivity index (χ1) is 11.5. The maximum Gasteiger partial charge on any atom is 0.324 e. The van der Waals surface area contributed by atoms with E-state index in [0.717, 1.165) is 0 Å². The molecule has 0 aliphatic heterocycles. The fraction of sp³-hybridized carbons (Fsp3) is 0.235. The molecule has 1 heterocycles. The van der Waals surface area contributed by atoms with Crippen LogP contribution in [0.1, 0.15) is 6.92 Å². The summed E-state index contributed by atoms with van der Waals surface area (Å²) in [6, 6.07) is 11.9. The van der Waals surface area contributed by atoms with E-state index in [-0.39, 0.29) is 11.9 Å². The molecular formula is C17H20N4O3. The largest absolute Gasteiger partial charge is 0.492 e. The van der Waals surface area contributed by atoms with Gasteiger partial charge in [0, 0.05) is 25.9 Å². The Hall–Kier alpha value is -3.09. The zero-order chi connectivity index (χ0) is 17.4. The van der Waals surface area contributed by atoms with Gasteiger partial charge in [0.25, 0.3) is 0 Å². The van der Waals surface area contributed by atoms with E-state index in [0.29, 0.717) is 30.4 Å². The summed E-state index contributed by atoms with van der Waals surface area (Å²) >= 11 is 0. The Balaban J connectivity index is 1.79. The highest BCUT2D eigenvalue weighted by atomic mass is 16.5. The molecule has 0 atom stereocenters. The van der Waals surface area contributed by atoms with Gasteiger partial charge in [-0.05, 0) is 36.4 Å². The normalized spacial score (nSPS) is 9.92. The van der Waals surface area contributed by atoms with Gasteiger partial charge in [-0.3, -0.25) is 10.1 Å². The summed E-state index contributed by atoms with van der Waals surface area (Å²) in [5.41, 5.74) is 0.636. The first-order valence-electron chi connectivity index (χ1n) is 7.48. The average molecular weight is 328 g/mol. The minimum Gasteiger partial charge on any atom is -0.492 e. The number of hydrogen-bond donors (Lipinski definition) is 2.